The van der Waals surface area contributed by atoms with Gasteiger partial charge in [0.25, 0.3) is 5.91 Å². The number of imidazole rings is 1. The molecule has 178 valence electrons. The van der Waals surface area contributed by atoms with Crippen LogP contribution in [0.3, 0.4) is 0 Å². The number of nitrogens with one attached hydrogen (secondary N) is 2. The number of benzene rings is 2. The third kappa shape index (κ3) is 4.87. The first kappa shape index (κ1) is 22.6. The summed E-state index contributed by atoms with van der Waals surface area (Å²) in [5.41, 5.74) is 3.12. The highest BCUT2D eigenvalue weighted by Crippen LogP contribution is 2.24. The fourth-order valence-electron chi connectivity index (χ4n) is 4.22. The number of carbonyl (C=O) groups excluding carboxylic acids is 2. The lowest BCUT2D eigenvalue weighted by Gasteiger charge is -2.22. The molecular weight excluding hydrogens is 442 g/mol. The molecule has 0 bridgehead atoms. The maximum absolute atomic E-state index is 13.4. The molecule has 0 saturated carbocycles. The molecule has 4 aromatic rings. The van der Waals surface area contributed by atoms with E-state index < -0.39 is 17.6 Å². The highest BCUT2D eigenvalue weighted by Gasteiger charge is 2.36. The van der Waals surface area contributed by atoms with E-state index in [1.165, 1.54) is 4.90 Å². The van der Waals surface area contributed by atoms with E-state index in [1.807, 2.05) is 54.7 Å². The second kappa shape index (κ2) is 8.87. The summed E-state index contributed by atoms with van der Waals surface area (Å²) in [5.74, 6) is 0.332. The summed E-state index contributed by atoms with van der Waals surface area (Å²) in [5, 5.41) is 1.06. The van der Waals surface area contributed by atoms with Crippen molar-refractivity contribution in [2.75, 3.05) is 6.54 Å². The van der Waals surface area contributed by atoms with Crippen molar-refractivity contribution in [3.8, 4) is 0 Å². The van der Waals surface area contributed by atoms with Crippen molar-refractivity contribution < 1.29 is 14.3 Å². The Morgan fingerprint density at radius 3 is 2.60 bits per heavy atom. The summed E-state index contributed by atoms with van der Waals surface area (Å²) in [6.45, 7) is 5.19. The summed E-state index contributed by atoms with van der Waals surface area (Å²) in [4.78, 5) is 43.1. The van der Waals surface area contributed by atoms with E-state index >= 15 is 0 Å². The number of H-pyrrole nitrogens is 2. The van der Waals surface area contributed by atoms with Crippen molar-refractivity contribution in [1.29, 1.82) is 0 Å². The van der Waals surface area contributed by atoms with Crippen LogP contribution in [0, 0.1) is 0 Å². The molecule has 1 aliphatic rings. The van der Waals surface area contributed by atoms with Crippen LogP contribution in [-0.2, 0) is 20.7 Å². The van der Waals surface area contributed by atoms with E-state index in [0.29, 0.717) is 18.1 Å². The van der Waals surface area contributed by atoms with Crippen molar-refractivity contribution in [3.63, 3.8) is 0 Å². The third-order valence-corrected chi connectivity index (χ3v) is 5.71. The molecule has 0 fully saturated rings. The molecule has 0 spiro atoms. The van der Waals surface area contributed by atoms with Gasteiger partial charge in [-0.2, -0.15) is 0 Å². The smallest absolute Gasteiger partial charge is 0.326 e. The molecule has 0 saturated heterocycles. The SMILES string of the molecule is CC(C)(C)OC(=O)CN1C(=O)C(Cc2c[nH]c3ccccc23)N=C1/C=C/c1nc2ccccc2[nH]1. The summed E-state index contributed by atoms with van der Waals surface area (Å²) < 4.78 is 5.46. The first-order valence-corrected chi connectivity index (χ1v) is 11.6. The Morgan fingerprint density at radius 1 is 1.09 bits per heavy atom. The second-order valence-corrected chi connectivity index (χ2v) is 9.55. The lowest BCUT2D eigenvalue weighted by molar-refractivity contribution is -0.156. The third-order valence-electron chi connectivity index (χ3n) is 5.71. The summed E-state index contributed by atoms with van der Waals surface area (Å²) in [6, 6.07) is 15.0. The molecule has 2 aromatic heterocycles. The van der Waals surface area contributed by atoms with Crippen LogP contribution in [0.1, 0.15) is 32.2 Å². The van der Waals surface area contributed by atoms with Crippen molar-refractivity contribution in [1.82, 2.24) is 19.9 Å². The first-order chi connectivity index (χ1) is 16.8. The van der Waals surface area contributed by atoms with Gasteiger partial charge in [0, 0.05) is 23.5 Å². The number of aromatic amines is 2. The van der Waals surface area contributed by atoms with E-state index in [2.05, 4.69) is 15.0 Å². The lowest BCUT2D eigenvalue weighted by atomic mass is 10.1. The van der Waals surface area contributed by atoms with Crippen LogP contribution in [0.5, 0.6) is 0 Å². The monoisotopic (exact) mass is 469 g/mol. The van der Waals surface area contributed by atoms with E-state index in [-0.39, 0.29) is 12.5 Å². The Morgan fingerprint density at radius 2 is 1.83 bits per heavy atom. The molecule has 5 rings (SSSR count). The molecule has 8 heteroatoms. The number of hydrogen-bond acceptors (Lipinski definition) is 5. The van der Waals surface area contributed by atoms with Crippen LogP contribution in [0.15, 0.2) is 65.8 Å². The van der Waals surface area contributed by atoms with E-state index in [0.717, 1.165) is 27.5 Å². The maximum atomic E-state index is 13.4. The van der Waals surface area contributed by atoms with E-state index in [1.54, 1.807) is 32.9 Å². The highest BCUT2D eigenvalue weighted by molar-refractivity contribution is 6.13. The van der Waals surface area contributed by atoms with Crippen molar-refractivity contribution in [2.24, 2.45) is 4.99 Å². The minimum atomic E-state index is -0.648. The number of ether oxygens (including phenoxy) is 1. The number of nitrogens with zero attached hydrogens (tertiary/aromatic N) is 3. The number of carbonyl (C=O) groups is 2. The Hall–Kier alpha value is -4.20. The predicted molar refractivity (Wildman–Crippen MR) is 136 cm³/mol. The van der Waals surface area contributed by atoms with Gasteiger partial charge in [-0.3, -0.25) is 19.5 Å². The number of aliphatic imine (C=N–C) groups is 1. The maximum Gasteiger partial charge on any atom is 0.326 e. The van der Waals surface area contributed by atoms with Crippen LogP contribution in [0.25, 0.3) is 28.0 Å². The number of fused-ring (bicyclic) bond motifs is 2. The Balaban J connectivity index is 1.42. The zero-order chi connectivity index (χ0) is 24.6. The van der Waals surface area contributed by atoms with E-state index in [9.17, 15) is 9.59 Å². The zero-order valence-corrected chi connectivity index (χ0v) is 19.9. The Bertz CT molecular complexity index is 1440. The predicted octanol–water partition coefficient (Wildman–Crippen LogP) is 4.25. The Labute approximate surface area is 202 Å². The molecule has 0 aliphatic carbocycles. The van der Waals surface area contributed by atoms with Crippen LogP contribution in [0.2, 0.25) is 0 Å². The molecule has 3 heterocycles. The normalized spacial score (nSPS) is 16.5. The van der Waals surface area contributed by atoms with Crippen molar-refractivity contribution in [2.45, 2.75) is 38.8 Å². The summed E-state index contributed by atoms with van der Waals surface area (Å²) in [6.07, 6.45) is 5.82. The highest BCUT2D eigenvalue weighted by atomic mass is 16.6. The molecule has 1 unspecified atom stereocenters. The van der Waals surface area contributed by atoms with Gasteiger partial charge in [0.1, 0.15) is 29.8 Å². The van der Waals surface area contributed by atoms with Crippen LogP contribution >= 0.6 is 0 Å². The fraction of sp³-hybridized carbons (Fsp3) is 0.259. The fourth-order valence-corrected chi connectivity index (χ4v) is 4.22. The van der Waals surface area contributed by atoms with Gasteiger partial charge < -0.3 is 14.7 Å². The molecule has 2 aromatic carbocycles. The standard InChI is InChI=1S/C27H27N5O3/c1-27(2,3)35-25(33)16-32-24(13-12-23-29-20-10-6-7-11-21(20)30-23)31-22(26(32)34)14-17-15-28-19-9-5-4-8-18(17)19/h4-13,15,22,28H,14,16H2,1-3H3,(H,29,30)/b13-12+. The largest absolute Gasteiger partial charge is 0.459 e. The average Bonchev–Trinajstić information content (AvgIpc) is 3.48. The van der Waals surface area contributed by atoms with Gasteiger partial charge in [-0.1, -0.05) is 30.3 Å². The molecule has 1 atom stereocenters. The quantitative estimate of drug-likeness (QED) is 0.412. The minimum absolute atomic E-state index is 0.205. The average molecular weight is 470 g/mol. The number of rotatable bonds is 6. The molecule has 1 aliphatic heterocycles. The number of amides is 1. The second-order valence-electron chi connectivity index (χ2n) is 9.55. The topological polar surface area (TPSA) is 103 Å². The summed E-state index contributed by atoms with van der Waals surface area (Å²) >= 11 is 0. The number of amidine groups is 1. The van der Waals surface area contributed by atoms with Gasteiger partial charge in [-0.15, -0.1) is 0 Å². The number of hydrogen-bond donors (Lipinski definition) is 2. The van der Waals surface area contributed by atoms with Gasteiger partial charge >= 0.3 is 5.97 Å². The number of esters is 1. The number of para-hydroxylation sites is 3. The van der Waals surface area contributed by atoms with Gasteiger partial charge in [0.2, 0.25) is 0 Å². The van der Waals surface area contributed by atoms with Crippen LogP contribution in [-0.4, -0.2) is 55.8 Å². The number of aromatic nitrogens is 3. The van der Waals surface area contributed by atoms with E-state index in [4.69, 9.17) is 9.73 Å². The van der Waals surface area contributed by atoms with Gasteiger partial charge in [0.15, 0.2) is 0 Å². The van der Waals surface area contributed by atoms with Crippen molar-refractivity contribution in [3.05, 3.63) is 72.2 Å². The molecule has 8 nitrogen and oxygen atoms in total. The Kier molecular flexibility index (Phi) is 5.72. The molecule has 0 radical (unpaired) electrons. The molecule has 2 N–H and O–H groups in total. The molecule has 1 amide bonds. The van der Waals surface area contributed by atoms with Gasteiger partial charge in [0.05, 0.1) is 11.0 Å². The van der Waals surface area contributed by atoms with Gasteiger partial charge in [-0.05, 0) is 56.7 Å². The molecular formula is C27H27N5O3. The zero-order valence-electron chi connectivity index (χ0n) is 19.9. The van der Waals surface area contributed by atoms with Crippen LogP contribution < -0.4 is 0 Å². The van der Waals surface area contributed by atoms with Crippen molar-refractivity contribution >= 4 is 45.7 Å². The lowest BCUT2D eigenvalue weighted by Crippen LogP contribution is -2.41. The van der Waals surface area contributed by atoms with Gasteiger partial charge in [-0.25, -0.2) is 4.98 Å². The molecule has 35 heavy (non-hydrogen) atoms. The first-order valence-electron chi connectivity index (χ1n) is 11.6. The van der Waals surface area contributed by atoms with Crippen LogP contribution in [0.4, 0.5) is 0 Å². The minimum Gasteiger partial charge on any atom is -0.459 e. The summed E-state index contributed by atoms with van der Waals surface area (Å²) in [7, 11) is 0.